The summed E-state index contributed by atoms with van der Waals surface area (Å²) in [5.41, 5.74) is 1.13. The smallest absolute Gasteiger partial charge is 0.221 e. The molecule has 18 heavy (non-hydrogen) atoms. The SMILES string of the molecule is CN(C)CCNC(=O)CCNCc1cccnc1. The zero-order valence-corrected chi connectivity index (χ0v) is 11.1. The molecule has 1 aromatic rings. The predicted octanol–water partition coefficient (Wildman–Crippen LogP) is 0.239. The molecule has 1 aromatic heterocycles. The molecule has 0 bridgehead atoms. The number of pyridine rings is 1. The molecule has 0 fully saturated rings. The Morgan fingerprint density at radius 3 is 2.89 bits per heavy atom. The highest BCUT2D eigenvalue weighted by atomic mass is 16.1. The standard InChI is InChI=1S/C13H22N4O/c1-17(2)9-8-16-13(18)5-7-15-11-12-4-3-6-14-10-12/h3-4,6,10,15H,5,7-9,11H2,1-2H3,(H,16,18). The van der Waals surface area contributed by atoms with Crippen molar-refractivity contribution >= 4 is 5.91 Å². The van der Waals surface area contributed by atoms with Gasteiger partial charge in [-0.1, -0.05) is 6.07 Å². The number of likely N-dealkylation sites (N-methyl/N-ethyl adjacent to an activating group) is 1. The fourth-order valence-corrected chi connectivity index (χ4v) is 1.44. The molecule has 1 amide bonds. The second-order valence-corrected chi connectivity index (χ2v) is 4.44. The zero-order chi connectivity index (χ0) is 13.2. The lowest BCUT2D eigenvalue weighted by Crippen LogP contribution is -2.33. The monoisotopic (exact) mass is 250 g/mol. The van der Waals surface area contributed by atoms with Crippen LogP contribution in [-0.2, 0) is 11.3 Å². The van der Waals surface area contributed by atoms with Crippen LogP contribution in [0.3, 0.4) is 0 Å². The van der Waals surface area contributed by atoms with E-state index in [0.29, 0.717) is 19.5 Å². The van der Waals surface area contributed by atoms with Crippen molar-refractivity contribution in [1.29, 1.82) is 0 Å². The summed E-state index contributed by atoms with van der Waals surface area (Å²) < 4.78 is 0. The molecule has 0 unspecified atom stereocenters. The first kappa shape index (κ1) is 14.6. The minimum atomic E-state index is 0.0931. The first-order valence-corrected chi connectivity index (χ1v) is 6.19. The predicted molar refractivity (Wildman–Crippen MR) is 72.1 cm³/mol. The van der Waals surface area contributed by atoms with Crippen molar-refractivity contribution in [2.75, 3.05) is 33.7 Å². The number of nitrogens with zero attached hydrogens (tertiary/aromatic N) is 2. The normalized spacial score (nSPS) is 10.6. The summed E-state index contributed by atoms with van der Waals surface area (Å²) in [6.07, 6.45) is 4.08. The van der Waals surface area contributed by atoms with Crippen LogP contribution in [0.5, 0.6) is 0 Å². The van der Waals surface area contributed by atoms with Crippen molar-refractivity contribution in [1.82, 2.24) is 20.5 Å². The number of carbonyl (C=O) groups is 1. The Bertz CT molecular complexity index is 340. The van der Waals surface area contributed by atoms with Crippen molar-refractivity contribution in [2.24, 2.45) is 0 Å². The van der Waals surface area contributed by atoms with Crippen molar-refractivity contribution in [3.8, 4) is 0 Å². The van der Waals surface area contributed by atoms with Gasteiger partial charge in [-0.25, -0.2) is 0 Å². The molecule has 0 aliphatic carbocycles. The Hall–Kier alpha value is -1.46. The lowest BCUT2D eigenvalue weighted by Gasteiger charge is -2.10. The van der Waals surface area contributed by atoms with E-state index in [-0.39, 0.29) is 5.91 Å². The van der Waals surface area contributed by atoms with Crippen molar-refractivity contribution in [3.05, 3.63) is 30.1 Å². The number of amides is 1. The molecule has 0 saturated heterocycles. The van der Waals surface area contributed by atoms with Gasteiger partial charge >= 0.3 is 0 Å². The molecule has 0 spiro atoms. The van der Waals surface area contributed by atoms with Crippen molar-refractivity contribution in [2.45, 2.75) is 13.0 Å². The number of hydrogen-bond acceptors (Lipinski definition) is 4. The number of rotatable bonds is 8. The fourth-order valence-electron chi connectivity index (χ4n) is 1.44. The molecular formula is C13H22N4O. The van der Waals surface area contributed by atoms with Crippen LogP contribution >= 0.6 is 0 Å². The van der Waals surface area contributed by atoms with Gasteiger partial charge in [0, 0.05) is 45.0 Å². The quantitative estimate of drug-likeness (QED) is 0.649. The Labute approximate surface area is 109 Å². The number of carbonyl (C=O) groups excluding carboxylic acids is 1. The first-order chi connectivity index (χ1) is 8.68. The molecule has 100 valence electrons. The molecule has 1 heterocycles. The van der Waals surface area contributed by atoms with Gasteiger partial charge in [-0.05, 0) is 25.7 Å². The van der Waals surface area contributed by atoms with Gasteiger partial charge < -0.3 is 15.5 Å². The van der Waals surface area contributed by atoms with Crippen LogP contribution in [0.1, 0.15) is 12.0 Å². The van der Waals surface area contributed by atoms with E-state index in [9.17, 15) is 4.79 Å². The van der Waals surface area contributed by atoms with Crippen LogP contribution in [0, 0.1) is 0 Å². The van der Waals surface area contributed by atoms with E-state index in [4.69, 9.17) is 0 Å². The van der Waals surface area contributed by atoms with E-state index in [2.05, 4.69) is 15.6 Å². The third-order valence-corrected chi connectivity index (χ3v) is 2.46. The maximum atomic E-state index is 11.5. The highest BCUT2D eigenvalue weighted by molar-refractivity contribution is 5.76. The lowest BCUT2D eigenvalue weighted by atomic mass is 10.3. The van der Waals surface area contributed by atoms with Gasteiger partial charge in [0.1, 0.15) is 0 Å². The third-order valence-electron chi connectivity index (χ3n) is 2.46. The molecule has 1 rings (SSSR count). The Morgan fingerprint density at radius 1 is 1.39 bits per heavy atom. The van der Waals surface area contributed by atoms with E-state index >= 15 is 0 Å². The lowest BCUT2D eigenvalue weighted by molar-refractivity contribution is -0.121. The molecule has 0 aliphatic heterocycles. The van der Waals surface area contributed by atoms with Gasteiger partial charge in [0.25, 0.3) is 0 Å². The molecular weight excluding hydrogens is 228 g/mol. The summed E-state index contributed by atoms with van der Waals surface area (Å²) in [5, 5.41) is 6.10. The number of nitrogens with one attached hydrogen (secondary N) is 2. The molecule has 0 saturated carbocycles. The van der Waals surface area contributed by atoms with Crippen LogP contribution < -0.4 is 10.6 Å². The van der Waals surface area contributed by atoms with Crippen LogP contribution in [-0.4, -0.2) is 49.5 Å². The first-order valence-electron chi connectivity index (χ1n) is 6.19. The van der Waals surface area contributed by atoms with Crippen LogP contribution in [0.2, 0.25) is 0 Å². The average molecular weight is 250 g/mol. The van der Waals surface area contributed by atoms with Crippen LogP contribution in [0.15, 0.2) is 24.5 Å². The van der Waals surface area contributed by atoms with E-state index in [0.717, 1.165) is 18.7 Å². The van der Waals surface area contributed by atoms with Crippen molar-refractivity contribution < 1.29 is 4.79 Å². The fraction of sp³-hybridized carbons (Fsp3) is 0.538. The average Bonchev–Trinajstić information content (AvgIpc) is 2.35. The summed E-state index contributed by atoms with van der Waals surface area (Å²) >= 11 is 0. The van der Waals surface area contributed by atoms with Gasteiger partial charge in [-0.3, -0.25) is 9.78 Å². The molecule has 0 aromatic carbocycles. The van der Waals surface area contributed by atoms with Gasteiger partial charge in [0.2, 0.25) is 5.91 Å². The summed E-state index contributed by atoms with van der Waals surface area (Å²) in [6.45, 7) is 3.00. The van der Waals surface area contributed by atoms with E-state index in [1.807, 2.05) is 37.3 Å². The summed E-state index contributed by atoms with van der Waals surface area (Å²) in [4.78, 5) is 17.5. The van der Waals surface area contributed by atoms with E-state index in [1.165, 1.54) is 0 Å². The Balaban J connectivity index is 2.02. The Morgan fingerprint density at radius 2 is 2.22 bits per heavy atom. The molecule has 0 atom stereocenters. The van der Waals surface area contributed by atoms with E-state index < -0.39 is 0 Å². The molecule has 0 aliphatic rings. The Kier molecular flexibility index (Phi) is 6.98. The molecule has 0 radical (unpaired) electrons. The van der Waals surface area contributed by atoms with Gasteiger partial charge in [0.15, 0.2) is 0 Å². The maximum absolute atomic E-state index is 11.5. The van der Waals surface area contributed by atoms with Gasteiger partial charge in [0.05, 0.1) is 0 Å². The summed E-state index contributed by atoms with van der Waals surface area (Å²) in [7, 11) is 3.98. The molecule has 5 nitrogen and oxygen atoms in total. The second kappa shape index (κ2) is 8.60. The van der Waals surface area contributed by atoms with E-state index in [1.54, 1.807) is 6.20 Å². The highest BCUT2D eigenvalue weighted by Crippen LogP contribution is 1.93. The van der Waals surface area contributed by atoms with Crippen LogP contribution in [0.4, 0.5) is 0 Å². The van der Waals surface area contributed by atoms with Crippen molar-refractivity contribution in [3.63, 3.8) is 0 Å². The van der Waals surface area contributed by atoms with Crippen LogP contribution in [0.25, 0.3) is 0 Å². The topological polar surface area (TPSA) is 57.3 Å². The zero-order valence-electron chi connectivity index (χ0n) is 11.1. The summed E-state index contributed by atoms with van der Waals surface area (Å²) in [5.74, 6) is 0.0931. The summed E-state index contributed by atoms with van der Waals surface area (Å²) in [6, 6.07) is 3.92. The third kappa shape index (κ3) is 6.98. The largest absolute Gasteiger partial charge is 0.355 e. The molecule has 5 heteroatoms. The van der Waals surface area contributed by atoms with Gasteiger partial charge in [-0.2, -0.15) is 0 Å². The second-order valence-electron chi connectivity index (χ2n) is 4.44. The van der Waals surface area contributed by atoms with Gasteiger partial charge in [-0.15, -0.1) is 0 Å². The minimum Gasteiger partial charge on any atom is -0.355 e. The number of hydrogen-bond donors (Lipinski definition) is 2. The highest BCUT2D eigenvalue weighted by Gasteiger charge is 2.00. The number of aromatic nitrogens is 1. The molecule has 2 N–H and O–H groups in total. The maximum Gasteiger partial charge on any atom is 0.221 e. The minimum absolute atomic E-state index is 0.0931.